The number of hydrogen-bond donors (Lipinski definition) is 4. The second kappa shape index (κ2) is 18.4. The maximum Gasteiger partial charge on any atom is 0.406 e. The lowest BCUT2D eigenvalue weighted by Gasteiger charge is -2.32. The highest BCUT2D eigenvalue weighted by atomic mass is 31.2. The van der Waals surface area contributed by atoms with Crippen LogP contribution in [0.1, 0.15) is 90.0 Å². The topological polar surface area (TPSA) is 139 Å². The van der Waals surface area contributed by atoms with Crippen molar-refractivity contribution < 1.29 is 28.3 Å². The van der Waals surface area contributed by atoms with E-state index in [4.69, 9.17) is 9.05 Å². The smallest absolute Gasteiger partial charge is 0.385 e. The molecule has 0 spiro atoms. The number of hydrogen-bond acceptors (Lipinski definition) is 7. The molecule has 0 unspecified atom stereocenters. The molecular weight excluding hydrogens is 579 g/mol. The van der Waals surface area contributed by atoms with Gasteiger partial charge in [0, 0.05) is 6.20 Å². The highest BCUT2D eigenvalue weighted by Gasteiger charge is 2.35. The standard InChI is InChI=1S/C33H51N4O6P/c1-5-42-44(41,43-6-2)37-30(23-26-17-11-8-12-18-26)33(40)36-29(21-24(3)4)32(39)35-28(22-25-15-9-7-10-16-25)31(38)27-19-13-14-20-34-27/h8,11-14,17-20,24-25,28-31,38H,5-7,9-10,15-16,21-23H2,1-4H3,(H,35,39)(H,36,40)(H,37,41)/t28-,29-,30-,31-/m0/s1. The van der Waals surface area contributed by atoms with E-state index in [9.17, 15) is 19.3 Å². The Kier molecular flexibility index (Phi) is 15.0. The number of rotatable bonds is 18. The number of carbonyl (C=O) groups is 2. The Morgan fingerprint density at radius 1 is 0.932 bits per heavy atom. The summed E-state index contributed by atoms with van der Waals surface area (Å²) in [4.78, 5) is 32.1. The summed E-state index contributed by atoms with van der Waals surface area (Å²) in [5, 5.41) is 20.2. The van der Waals surface area contributed by atoms with Gasteiger partial charge in [0.15, 0.2) is 0 Å². The van der Waals surface area contributed by atoms with Gasteiger partial charge in [-0.3, -0.25) is 23.6 Å². The van der Waals surface area contributed by atoms with E-state index in [1.54, 1.807) is 32.2 Å². The first-order chi connectivity index (χ1) is 21.1. The Morgan fingerprint density at radius 2 is 1.57 bits per heavy atom. The van der Waals surface area contributed by atoms with E-state index in [1.807, 2.05) is 50.2 Å². The minimum absolute atomic E-state index is 0.0852. The van der Waals surface area contributed by atoms with Crippen LogP contribution >= 0.6 is 7.75 Å². The monoisotopic (exact) mass is 630 g/mol. The summed E-state index contributed by atoms with van der Waals surface area (Å²) in [6.07, 6.45) is 7.43. The van der Waals surface area contributed by atoms with Crippen LogP contribution < -0.4 is 15.7 Å². The minimum atomic E-state index is -3.80. The Hall–Kier alpha value is -2.62. The summed E-state index contributed by atoms with van der Waals surface area (Å²) in [5.41, 5.74) is 1.34. The van der Waals surface area contributed by atoms with Gasteiger partial charge in [0.05, 0.1) is 24.9 Å². The van der Waals surface area contributed by atoms with Crippen molar-refractivity contribution in [1.82, 2.24) is 20.7 Å². The zero-order valence-corrected chi connectivity index (χ0v) is 27.5. The van der Waals surface area contributed by atoms with Crippen LogP contribution in [0.15, 0.2) is 54.7 Å². The first-order valence-corrected chi connectivity index (χ1v) is 17.6. The largest absolute Gasteiger partial charge is 0.406 e. The molecule has 2 aromatic rings. The van der Waals surface area contributed by atoms with Crippen LogP contribution in [-0.2, 0) is 29.6 Å². The third kappa shape index (κ3) is 11.7. The average molecular weight is 631 g/mol. The molecular formula is C33H51N4O6P. The van der Waals surface area contributed by atoms with Crippen molar-refractivity contribution in [1.29, 1.82) is 0 Å². The predicted octanol–water partition coefficient (Wildman–Crippen LogP) is 5.48. The Morgan fingerprint density at radius 3 is 2.16 bits per heavy atom. The number of aliphatic hydroxyl groups excluding tert-OH is 1. The van der Waals surface area contributed by atoms with Crippen LogP contribution in [0.2, 0.25) is 0 Å². The zero-order valence-electron chi connectivity index (χ0n) is 26.6. The summed E-state index contributed by atoms with van der Waals surface area (Å²) in [6.45, 7) is 7.61. The number of benzene rings is 1. The average Bonchev–Trinajstić information content (AvgIpc) is 3.01. The number of carbonyl (C=O) groups excluding carboxylic acids is 2. The molecule has 1 aromatic carbocycles. The summed E-state index contributed by atoms with van der Waals surface area (Å²) in [5.74, 6) is -0.402. The van der Waals surface area contributed by atoms with Crippen LogP contribution in [0.25, 0.3) is 0 Å². The molecule has 0 saturated heterocycles. The summed E-state index contributed by atoms with van der Waals surface area (Å²) in [7, 11) is -3.80. The second-order valence-corrected chi connectivity index (χ2v) is 13.7. The van der Waals surface area contributed by atoms with Gasteiger partial charge in [0.1, 0.15) is 18.2 Å². The van der Waals surface area contributed by atoms with Crippen molar-refractivity contribution in [3.05, 3.63) is 66.0 Å². The number of amides is 2. The fraction of sp³-hybridized carbons (Fsp3) is 0.606. The van der Waals surface area contributed by atoms with Crippen molar-refractivity contribution in [3.63, 3.8) is 0 Å². The van der Waals surface area contributed by atoms with E-state index in [2.05, 4.69) is 20.7 Å². The molecule has 3 rings (SSSR count). The predicted molar refractivity (Wildman–Crippen MR) is 172 cm³/mol. The van der Waals surface area contributed by atoms with Crippen LogP contribution in [-0.4, -0.2) is 53.2 Å². The van der Waals surface area contributed by atoms with Crippen molar-refractivity contribution in [2.24, 2.45) is 11.8 Å². The van der Waals surface area contributed by atoms with E-state index in [0.717, 1.165) is 31.2 Å². The van der Waals surface area contributed by atoms with Crippen LogP contribution in [0, 0.1) is 11.8 Å². The lowest BCUT2D eigenvalue weighted by Crippen LogP contribution is -2.55. The number of nitrogens with one attached hydrogen (secondary N) is 3. The second-order valence-electron chi connectivity index (χ2n) is 11.9. The number of aliphatic hydroxyl groups is 1. The Bertz CT molecular complexity index is 1170. The molecule has 4 N–H and O–H groups in total. The van der Waals surface area contributed by atoms with Gasteiger partial charge >= 0.3 is 7.75 Å². The van der Waals surface area contributed by atoms with Gasteiger partial charge in [-0.25, -0.2) is 9.65 Å². The SMILES string of the molecule is CCOP(=O)(N[C@@H](Cc1ccccc1)C(=O)N[C@@H](CC(C)C)C(=O)N[C@@H](CC1CCCCC1)[C@@H](O)c1ccccn1)OCC. The minimum Gasteiger partial charge on any atom is -0.385 e. The molecule has 2 amide bonds. The number of pyridine rings is 1. The molecule has 0 aliphatic heterocycles. The number of aromatic nitrogens is 1. The molecule has 0 radical (unpaired) electrons. The molecule has 1 aromatic heterocycles. The fourth-order valence-corrected chi connectivity index (χ4v) is 7.25. The summed E-state index contributed by atoms with van der Waals surface area (Å²) in [6, 6.07) is 12.3. The highest BCUT2D eigenvalue weighted by Crippen LogP contribution is 2.44. The molecule has 1 aliphatic carbocycles. The van der Waals surface area contributed by atoms with Gasteiger partial charge in [-0.2, -0.15) is 0 Å². The van der Waals surface area contributed by atoms with Crippen molar-refractivity contribution in [3.8, 4) is 0 Å². The molecule has 4 atom stereocenters. The van der Waals surface area contributed by atoms with Gasteiger partial charge in [0.25, 0.3) is 0 Å². The molecule has 1 saturated carbocycles. The molecule has 10 nitrogen and oxygen atoms in total. The third-order valence-electron chi connectivity index (χ3n) is 7.86. The maximum absolute atomic E-state index is 13.9. The molecule has 44 heavy (non-hydrogen) atoms. The van der Waals surface area contributed by atoms with Gasteiger partial charge in [-0.15, -0.1) is 0 Å². The molecule has 1 aliphatic rings. The normalized spacial score (nSPS) is 17.0. The first kappa shape index (κ1) is 35.9. The van der Waals surface area contributed by atoms with E-state index in [1.165, 1.54) is 6.42 Å². The van der Waals surface area contributed by atoms with Gasteiger partial charge in [0.2, 0.25) is 11.8 Å². The van der Waals surface area contributed by atoms with Crippen molar-refractivity contribution >= 4 is 19.6 Å². The maximum atomic E-state index is 13.9. The molecule has 1 fully saturated rings. The van der Waals surface area contributed by atoms with E-state index in [0.29, 0.717) is 24.5 Å². The Balaban J connectivity index is 1.83. The van der Waals surface area contributed by atoms with Crippen LogP contribution in [0.3, 0.4) is 0 Å². The van der Waals surface area contributed by atoms with Gasteiger partial charge in [-0.1, -0.05) is 82.3 Å². The molecule has 1 heterocycles. The lowest BCUT2D eigenvalue weighted by atomic mass is 9.83. The molecule has 11 heteroatoms. The van der Waals surface area contributed by atoms with Crippen LogP contribution in [0.4, 0.5) is 0 Å². The van der Waals surface area contributed by atoms with Crippen molar-refractivity contribution in [2.45, 2.75) is 103 Å². The van der Waals surface area contributed by atoms with E-state index in [-0.39, 0.29) is 31.5 Å². The quantitative estimate of drug-likeness (QED) is 0.159. The molecule has 244 valence electrons. The van der Waals surface area contributed by atoms with Crippen LogP contribution in [0.5, 0.6) is 0 Å². The van der Waals surface area contributed by atoms with E-state index >= 15 is 0 Å². The lowest BCUT2D eigenvalue weighted by molar-refractivity contribution is -0.131. The zero-order chi connectivity index (χ0) is 32.0. The van der Waals surface area contributed by atoms with Gasteiger partial charge < -0.3 is 15.7 Å². The van der Waals surface area contributed by atoms with Crippen molar-refractivity contribution in [2.75, 3.05) is 13.2 Å². The third-order valence-corrected chi connectivity index (χ3v) is 9.69. The van der Waals surface area contributed by atoms with Gasteiger partial charge in [-0.05, 0) is 62.6 Å². The Labute approximate surface area is 262 Å². The summed E-state index contributed by atoms with van der Waals surface area (Å²) < 4.78 is 24.3. The highest BCUT2D eigenvalue weighted by molar-refractivity contribution is 7.51. The van der Waals surface area contributed by atoms with E-state index < -0.39 is 37.9 Å². The summed E-state index contributed by atoms with van der Waals surface area (Å²) >= 11 is 0. The fourth-order valence-electron chi connectivity index (χ4n) is 5.75. The first-order valence-electron chi connectivity index (χ1n) is 16.0. The number of nitrogens with zero attached hydrogens (tertiary/aromatic N) is 1. The molecule has 0 bridgehead atoms.